The van der Waals surface area contributed by atoms with Gasteiger partial charge in [0.15, 0.2) is 5.69 Å². The number of pyridine rings is 1. The van der Waals surface area contributed by atoms with Crippen molar-refractivity contribution in [3.05, 3.63) is 89.6 Å². The molecule has 4 aromatic rings. The Balaban J connectivity index is 1.63. The molecule has 1 aliphatic rings. The number of nitrogens with zero attached hydrogens (tertiary/aromatic N) is 1. The summed E-state index contributed by atoms with van der Waals surface area (Å²) in [5, 5.41) is 2.26. The molecule has 31 heavy (non-hydrogen) atoms. The molecule has 0 aliphatic heterocycles. The first-order valence-corrected chi connectivity index (χ1v) is 11.6. The normalized spacial score (nSPS) is 14.9. The standard InChI is InChI=1S/C30H32N/c1-21-17-26(25-11-5-4-6-12-25)14-16-28(21)30-29-15-13-24(19-23-9-7-8-10-23)20-27(29)18-22(2)31(30)3/h4-6,11-18,20,23H,7-10,19H2,1-3H3/q+1/i18D. The molecule has 1 heteroatoms. The molecule has 1 fully saturated rings. The number of benzene rings is 3. The quantitative estimate of drug-likeness (QED) is 0.311. The van der Waals surface area contributed by atoms with E-state index in [2.05, 4.69) is 92.2 Å². The fourth-order valence-electron chi connectivity index (χ4n) is 5.27. The number of rotatable bonds is 4. The van der Waals surface area contributed by atoms with E-state index in [9.17, 15) is 0 Å². The zero-order valence-electron chi connectivity index (χ0n) is 19.9. The van der Waals surface area contributed by atoms with Gasteiger partial charge in [0.2, 0.25) is 5.69 Å². The predicted octanol–water partition coefficient (Wildman–Crippen LogP) is 7.35. The van der Waals surface area contributed by atoms with Crippen LogP contribution in [0, 0.1) is 19.8 Å². The van der Waals surface area contributed by atoms with E-state index in [1.807, 2.05) is 0 Å². The van der Waals surface area contributed by atoms with Gasteiger partial charge in [0.1, 0.15) is 7.05 Å². The van der Waals surface area contributed by atoms with Gasteiger partial charge in [-0.1, -0.05) is 80.3 Å². The highest BCUT2D eigenvalue weighted by molar-refractivity contribution is 5.94. The van der Waals surface area contributed by atoms with Crippen LogP contribution in [0.5, 0.6) is 0 Å². The van der Waals surface area contributed by atoms with Gasteiger partial charge in [-0.05, 0) is 59.0 Å². The molecule has 0 unspecified atom stereocenters. The maximum absolute atomic E-state index is 8.85. The minimum atomic E-state index is 0.651. The van der Waals surface area contributed by atoms with E-state index in [4.69, 9.17) is 1.37 Å². The minimum absolute atomic E-state index is 0.651. The molecule has 0 radical (unpaired) electrons. The lowest BCUT2D eigenvalue weighted by Crippen LogP contribution is -2.35. The van der Waals surface area contributed by atoms with E-state index < -0.39 is 0 Å². The Morgan fingerprint density at radius 3 is 2.42 bits per heavy atom. The van der Waals surface area contributed by atoms with Gasteiger partial charge in [0.25, 0.3) is 0 Å². The number of hydrogen-bond donors (Lipinski definition) is 0. The van der Waals surface area contributed by atoms with Gasteiger partial charge >= 0.3 is 0 Å². The predicted molar refractivity (Wildman–Crippen MR) is 131 cm³/mol. The van der Waals surface area contributed by atoms with Crippen LogP contribution >= 0.6 is 0 Å². The SMILES string of the molecule is [2H]c1c(C)[n+](C)c(-c2ccc(-c3ccccc3)cc2C)c2ccc(CC3CCCC3)cc12. The lowest BCUT2D eigenvalue weighted by molar-refractivity contribution is -0.665. The Labute approximate surface area is 187 Å². The van der Waals surface area contributed by atoms with Crippen molar-refractivity contribution >= 4 is 10.8 Å². The van der Waals surface area contributed by atoms with Crippen molar-refractivity contribution in [3.8, 4) is 22.4 Å². The number of aryl methyl sites for hydroxylation is 1. The van der Waals surface area contributed by atoms with Crippen LogP contribution < -0.4 is 4.57 Å². The van der Waals surface area contributed by atoms with Crippen molar-refractivity contribution < 1.29 is 5.94 Å². The van der Waals surface area contributed by atoms with E-state index in [-0.39, 0.29) is 0 Å². The Bertz CT molecular complexity index is 1280. The molecule has 3 aromatic carbocycles. The molecule has 1 nitrogen and oxygen atoms in total. The van der Waals surface area contributed by atoms with Gasteiger partial charge in [-0.15, -0.1) is 0 Å². The third-order valence-electron chi connectivity index (χ3n) is 7.08. The smallest absolute Gasteiger partial charge is 0.198 e. The molecule has 1 saturated carbocycles. The lowest BCUT2D eigenvalue weighted by Gasteiger charge is -2.13. The first-order valence-electron chi connectivity index (χ1n) is 12.1. The molecule has 5 rings (SSSR count). The minimum Gasteiger partial charge on any atom is -0.198 e. The number of hydrogen-bond acceptors (Lipinski definition) is 0. The largest absolute Gasteiger partial charge is 0.220 e. The average molecular weight is 408 g/mol. The molecule has 0 atom stereocenters. The summed E-state index contributed by atoms with van der Waals surface area (Å²) >= 11 is 0. The second-order valence-corrected chi connectivity index (χ2v) is 9.25. The third-order valence-corrected chi connectivity index (χ3v) is 7.08. The van der Waals surface area contributed by atoms with E-state index >= 15 is 0 Å². The summed E-state index contributed by atoms with van der Waals surface area (Å²) in [6.07, 6.45) is 6.60. The molecule has 0 N–H and O–H groups in total. The van der Waals surface area contributed by atoms with Gasteiger partial charge in [0.05, 0.1) is 6.76 Å². The fraction of sp³-hybridized carbons (Fsp3) is 0.300. The molecule has 0 amide bonds. The number of aromatic nitrogens is 1. The maximum Gasteiger partial charge on any atom is 0.220 e. The summed E-state index contributed by atoms with van der Waals surface area (Å²) in [5.41, 5.74) is 8.58. The van der Waals surface area contributed by atoms with Crippen molar-refractivity contribution in [1.29, 1.82) is 0 Å². The highest BCUT2D eigenvalue weighted by Crippen LogP contribution is 2.33. The van der Waals surface area contributed by atoms with Gasteiger partial charge < -0.3 is 0 Å². The van der Waals surface area contributed by atoms with Gasteiger partial charge in [-0.2, -0.15) is 4.57 Å². The van der Waals surface area contributed by atoms with Gasteiger partial charge in [0, 0.05) is 18.5 Å². The molecular weight excluding hydrogens is 374 g/mol. The van der Waals surface area contributed by atoms with Crippen molar-refractivity contribution in [2.45, 2.75) is 46.0 Å². The third kappa shape index (κ3) is 3.90. The molecule has 0 bridgehead atoms. The summed E-state index contributed by atoms with van der Waals surface area (Å²) < 4.78 is 11.0. The van der Waals surface area contributed by atoms with Crippen molar-refractivity contribution in [2.75, 3.05) is 0 Å². The maximum atomic E-state index is 8.85. The van der Waals surface area contributed by atoms with Crippen molar-refractivity contribution in [2.24, 2.45) is 13.0 Å². The summed E-state index contributed by atoms with van der Waals surface area (Å²) in [4.78, 5) is 0. The average Bonchev–Trinajstić information content (AvgIpc) is 3.32. The Morgan fingerprint density at radius 1 is 0.903 bits per heavy atom. The second kappa shape index (κ2) is 8.30. The fourth-order valence-corrected chi connectivity index (χ4v) is 5.27. The van der Waals surface area contributed by atoms with Crippen LogP contribution in [0.25, 0.3) is 33.2 Å². The summed E-state index contributed by atoms with van der Waals surface area (Å²) in [7, 11) is 2.10. The molecule has 1 heterocycles. The second-order valence-electron chi connectivity index (χ2n) is 9.25. The summed E-state index contributed by atoms with van der Waals surface area (Å²) in [5.74, 6) is 0.815. The Hall–Kier alpha value is -2.93. The summed E-state index contributed by atoms with van der Waals surface area (Å²) in [6.45, 7) is 4.27. The van der Waals surface area contributed by atoms with Crippen molar-refractivity contribution in [1.82, 2.24) is 0 Å². The van der Waals surface area contributed by atoms with E-state index in [1.54, 1.807) is 0 Å². The van der Waals surface area contributed by atoms with E-state index in [0.29, 0.717) is 6.04 Å². The van der Waals surface area contributed by atoms with Crippen LogP contribution in [0.2, 0.25) is 0 Å². The highest BCUT2D eigenvalue weighted by atomic mass is 14.9. The van der Waals surface area contributed by atoms with Gasteiger partial charge in [-0.25, -0.2) is 0 Å². The molecule has 0 saturated heterocycles. The molecular formula is C30H32N+. The molecule has 156 valence electrons. The van der Waals surface area contributed by atoms with Crippen molar-refractivity contribution in [3.63, 3.8) is 0 Å². The van der Waals surface area contributed by atoms with Gasteiger partial charge in [-0.3, -0.25) is 0 Å². The molecule has 0 spiro atoms. The zero-order valence-corrected chi connectivity index (χ0v) is 18.9. The highest BCUT2D eigenvalue weighted by Gasteiger charge is 2.21. The van der Waals surface area contributed by atoms with Crippen LogP contribution in [-0.2, 0) is 13.5 Å². The first-order chi connectivity index (χ1) is 15.5. The van der Waals surface area contributed by atoms with E-state index in [1.165, 1.54) is 64.6 Å². The summed E-state index contributed by atoms with van der Waals surface area (Å²) in [6, 6.07) is 24.8. The van der Waals surface area contributed by atoms with E-state index in [0.717, 1.165) is 23.4 Å². The van der Waals surface area contributed by atoms with Crippen LogP contribution in [0.4, 0.5) is 0 Å². The monoisotopic (exact) mass is 407 g/mol. The Kier molecular flexibility index (Phi) is 5.04. The lowest BCUT2D eigenvalue weighted by atomic mass is 9.92. The van der Waals surface area contributed by atoms with Crippen LogP contribution in [0.15, 0.2) is 72.8 Å². The first kappa shape index (κ1) is 18.8. The zero-order chi connectivity index (χ0) is 22.2. The molecule has 1 aromatic heterocycles. The van der Waals surface area contributed by atoms with Crippen LogP contribution in [0.3, 0.4) is 0 Å². The Morgan fingerprint density at radius 2 is 1.68 bits per heavy atom. The van der Waals surface area contributed by atoms with Crippen LogP contribution in [0.1, 0.15) is 43.9 Å². The molecule has 1 aliphatic carbocycles. The number of fused-ring (bicyclic) bond motifs is 1. The topological polar surface area (TPSA) is 3.88 Å². The van der Waals surface area contributed by atoms with Crippen LogP contribution in [-0.4, -0.2) is 0 Å².